The zero-order chi connectivity index (χ0) is 12.1. The van der Waals surface area contributed by atoms with Crippen LogP contribution in [0.5, 0.6) is 5.75 Å². The Balaban J connectivity index is 2.12. The summed E-state index contributed by atoms with van der Waals surface area (Å²) in [6, 6.07) is 1.41. The average molecular weight is 240 g/mol. The number of hydrogen-bond acceptors (Lipinski definition) is 7. The van der Waals surface area contributed by atoms with Crippen LogP contribution < -0.4 is 4.74 Å². The summed E-state index contributed by atoms with van der Waals surface area (Å²) in [5, 5.41) is 0. The van der Waals surface area contributed by atoms with Crippen LogP contribution in [0.4, 0.5) is 9.59 Å². The van der Waals surface area contributed by atoms with Gasteiger partial charge in [0, 0.05) is 6.07 Å². The molecule has 1 aromatic rings. The van der Waals surface area contributed by atoms with Crippen molar-refractivity contribution < 1.29 is 33.0 Å². The summed E-state index contributed by atoms with van der Waals surface area (Å²) in [4.78, 5) is 22.2. The molecule has 7 heteroatoms. The van der Waals surface area contributed by atoms with Crippen molar-refractivity contribution in [2.45, 2.75) is 6.61 Å². The SMILES string of the molecule is O=C1OC=CCOC(=O)Oc2ccoc2CO1. The second-order valence-electron chi connectivity index (χ2n) is 2.90. The topological polar surface area (TPSA) is 84.2 Å². The van der Waals surface area contributed by atoms with E-state index in [2.05, 4.69) is 9.47 Å². The molecule has 0 unspecified atom stereocenters. The second-order valence-corrected chi connectivity index (χ2v) is 2.90. The Hall–Kier alpha value is -2.44. The van der Waals surface area contributed by atoms with E-state index in [4.69, 9.17) is 13.9 Å². The number of furan rings is 1. The summed E-state index contributed by atoms with van der Waals surface area (Å²) in [6.07, 6.45) is 1.89. The highest BCUT2D eigenvalue weighted by Gasteiger charge is 2.15. The molecule has 0 saturated heterocycles. The molecule has 0 amide bonds. The molecule has 7 nitrogen and oxygen atoms in total. The summed E-state index contributed by atoms with van der Waals surface area (Å²) in [5.74, 6) is 0.316. The molecule has 0 bridgehead atoms. The lowest BCUT2D eigenvalue weighted by atomic mass is 10.4. The predicted molar refractivity (Wildman–Crippen MR) is 51.1 cm³/mol. The zero-order valence-corrected chi connectivity index (χ0v) is 8.58. The van der Waals surface area contributed by atoms with Crippen molar-refractivity contribution >= 4 is 12.3 Å². The van der Waals surface area contributed by atoms with Crippen LogP contribution in [0.15, 0.2) is 29.1 Å². The number of cyclic esters (lactones) is 3. The van der Waals surface area contributed by atoms with Gasteiger partial charge in [0.1, 0.15) is 6.61 Å². The number of rotatable bonds is 0. The highest BCUT2D eigenvalue weighted by molar-refractivity contribution is 5.64. The Kier molecular flexibility index (Phi) is 3.29. The molecule has 90 valence electrons. The van der Waals surface area contributed by atoms with Crippen LogP contribution in [-0.4, -0.2) is 18.9 Å². The molecule has 1 aromatic heterocycles. The Morgan fingerprint density at radius 1 is 1.12 bits per heavy atom. The lowest BCUT2D eigenvalue weighted by molar-refractivity contribution is 0.0686. The minimum absolute atomic E-state index is 0.0840. The molecular weight excluding hydrogens is 232 g/mol. The van der Waals surface area contributed by atoms with E-state index in [1.807, 2.05) is 0 Å². The van der Waals surface area contributed by atoms with Crippen LogP contribution in [0.2, 0.25) is 0 Å². The third-order valence-corrected chi connectivity index (χ3v) is 1.78. The fraction of sp³-hybridized carbons (Fsp3) is 0.200. The summed E-state index contributed by atoms with van der Waals surface area (Å²) in [7, 11) is 0. The zero-order valence-electron chi connectivity index (χ0n) is 8.58. The van der Waals surface area contributed by atoms with Crippen LogP contribution in [0.1, 0.15) is 5.76 Å². The smallest absolute Gasteiger partial charge is 0.462 e. The van der Waals surface area contributed by atoms with Gasteiger partial charge in [0.15, 0.2) is 18.1 Å². The lowest BCUT2D eigenvalue weighted by Crippen LogP contribution is -2.12. The van der Waals surface area contributed by atoms with Crippen molar-refractivity contribution in [1.82, 2.24) is 0 Å². The van der Waals surface area contributed by atoms with Crippen LogP contribution in [0.25, 0.3) is 0 Å². The van der Waals surface area contributed by atoms with Gasteiger partial charge in [-0.1, -0.05) is 0 Å². The van der Waals surface area contributed by atoms with Gasteiger partial charge in [0.25, 0.3) is 0 Å². The monoisotopic (exact) mass is 240 g/mol. The van der Waals surface area contributed by atoms with E-state index in [1.54, 1.807) is 0 Å². The van der Waals surface area contributed by atoms with Gasteiger partial charge in [0.05, 0.1) is 12.5 Å². The fourth-order valence-electron chi connectivity index (χ4n) is 1.06. The normalized spacial score (nSPS) is 16.5. The Bertz CT molecular complexity index is 445. The van der Waals surface area contributed by atoms with Gasteiger partial charge in [-0.25, -0.2) is 9.59 Å². The molecule has 0 fully saturated rings. The van der Waals surface area contributed by atoms with Gasteiger partial charge >= 0.3 is 12.3 Å². The van der Waals surface area contributed by atoms with Crippen LogP contribution >= 0.6 is 0 Å². The first-order valence-corrected chi connectivity index (χ1v) is 4.65. The van der Waals surface area contributed by atoms with E-state index in [0.717, 1.165) is 6.26 Å². The molecule has 0 atom stereocenters. The van der Waals surface area contributed by atoms with Crippen molar-refractivity contribution in [1.29, 1.82) is 0 Å². The van der Waals surface area contributed by atoms with E-state index >= 15 is 0 Å². The van der Waals surface area contributed by atoms with E-state index in [-0.39, 0.29) is 24.7 Å². The molecule has 2 heterocycles. The number of carbonyl (C=O) groups is 2. The molecular formula is C10H8O7. The van der Waals surface area contributed by atoms with Gasteiger partial charge in [0.2, 0.25) is 0 Å². The van der Waals surface area contributed by atoms with Crippen molar-refractivity contribution in [2.24, 2.45) is 0 Å². The van der Waals surface area contributed by atoms with Gasteiger partial charge < -0.3 is 23.4 Å². The van der Waals surface area contributed by atoms with Crippen molar-refractivity contribution in [3.05, 3.63) is 30.4 Å². The first-order valence-electron chi connectivity index (χ1n) is 4.65. The molecule has 0 radical (unpaired) electrons. The third-order valence-electron chi connectivity index (χ3n) is 1.78. The molecule has 1 aliphatic heterocycles. The van der Waals surface area contributed by atoms with Crippen molar-refractivity contribution in [2.75, 3.05) is 6.61 Å². The third kappa shape index (κ3) is 3.00. The second kappa shape index (κ2) is 5.06. The molecule has 0 spiro atoms. The van der Waals surface area contributed by atoms with Gasteiger partial charge in [-0.15, -0.1) is 0 Å². The standard InChI is InChI=1S/C10H8O7/c11-9-14-3-1-4-15-10(12)17-7-2-5-13-8(7)6-16-9/h1-3,5H,4,6H2. The fourth-order valence-corrected chi connectivity index (χ4v) is 1.06. The van der Waals surface area contributed by atoms with Crippen LogP contribution in [0.3, 0.4) is 0 Å². The maximum atomic E-state index is 11.2. The maximum Gasteiger partial charge on any atom is 0.514 e. The van der Waals surface area contributed by atoms with Crippen LogP contribution in [-0.2, 0) is 20.8 Å². The Morgan fingerprint density at radius 3 is 2.88 bits per heavy atom. The molecule has 2 rings (SSSR count). The van der Waals surface area contributed by atoms with Crippen molar-refractivity contribution in [3.8, 4) is 5.75 Å². The van der Waals surface area contributed by atoms with Gasteiger partial charge in [-0.05, 0) is 6.08 Å². The number of carbonyl (C=O) groups excluding carboxylic acids is 2. The molecule has 1 aliphatic rings. The first-order chi connectivity index (χ1) is 8.25. The molecule has 0 N–H and O–H groups in total. The maximum absolute atomic E-state index is 11.2. The van der Waals surface area contributed by atoms with E-state index in [0.29, 0.717) is 0 Å². The van der Waals surface area contributed by atoms with E-state index < -0.39 is 12.3 Å². The minimum Gasteiger partial charge on any atom is -0.462 e. The van der Waals surface area contributed by atoms with Gasteiger partial charge in [-0.3, -0.25) is 0 Å². The molecule has 0 saturated carbocycles. The lowest BCUT2D eigenvalue weighted by Gasteiger charge is -2.06. The Labute approximate surface area is 95.5 Å². The molecule has 17 heavy (non-hydrogen) atoms. The largest absolute Gasteiger partial charge is 0.514 e. The average Bonchev–Trinajstić information content (AvgIpc) is 2.72. The highest BCUT2D eigenvalue weighted by Crippen LogP contribution is 2.21. The van der Waals surface area contributed by atoms with Crippen molar-refractivity contribution in [3.63, 3.8) is 0 Å². The molecule has 0 aromatic carbocycles. The minimum atomic E-state index is -0.893. The quantitative estimate of drug-likeness (QED) is 0.641. The molecule has 0 aliphatic carbocycles. The summed E-state index contributed by atoms with van der Waals surface area (Å²) < 4.78 is 23.7. The van der Waals surface area contributed by atoms with E-state index in [1.165, 1.54) is 18.4 Å². The predicted octanol–water partition coefficient (Wildman–Crippen LogP) is 1.98. The van der Waals surface area contributed by atoms with E-state index in [9.17, 15) is 9.59 Å². The number of hydrogen-bond donors (Lipinski definition) is 0. The summed E-state index contributed by atoms with van der Waals surface area (Å²) >= 11 is 0. The van der Waals surface area contributed by atoms with Gasteiger partial charge in [-0.2, -0.15) is 0 Å². The summed E-state index contributed by atoms with van der Waals surface area (Å²) in [6.45, 7) is -0.290. The number of fused-ring (bicyclic) bond motifs is 1. The first kappa shape index (κ1) is 11.1. The number of ether oxygens (including phenoxy) is 4. The van der Waals surface area contributed by atoms with Crippen LogP contribution in [0, 0.1) is 0 Å². The highest BCUT2D eigenvalue weighted by atomic mass is 16.7. The summed E-state index contributed by atoms with van der Waals surface area (Å²) in [5.41, 5.74) is 0. The Morgan fingerprint density at radius 2 is 2.00 bits per heavy atom.